The van der Waals surface area contributed by atoms with Crippen molar-refractivity contribution in [1.82, 2.24) is 5.32 Å². The van der Waals surface area contributed by atoms with E-state index in [4.69, 9.17) is 24.3 Å². The topological polar surface area (TPSA) is 89.4 Å². The number of nitrogens with zero attached hydrogens (tertiary/aromatic N) is 1. The van der Waals surface area contributed by atoms with Crippen molar-refractivity contribution in [3.05, 3.63) is 108 Å². The van der Waals surface area contributed by atoms with Crippen LogP contribution in [0.25, 0.3) is 0 Å². The lowest BCUT2D eigenvalue weighted by Crippen LogP contribution is -2.48. The van der Waals surface area contributed by atoms with Gasteiger partial charge in [0.2, 0.25) is 5.90 Å². The summed E-state index contributed by atoms with van der Waals surface area (Å²) in [5, 5.41) is 12.1. The van der Waals surface area contributed by atoms with Gasteiger partial charge in [0, 0.05) is 31.6 Å². The van der Waals surface area contributed by atoms with E-state index in [1.807, 2.05) is 78.9 Å². The second kappa shape index (κ2) is 12.9. The number of carbonyl (C=O) groups excluding carboxylic acids is 1. The molecular weight excluding hydrogens is 480 g/mol. The summed E-state index contributed by atoms with van der Waals surface area (Å²) < 4.78 is 17.5. The molecule has 3 aromatic rings. The largest absolute Gasteiger partial charge is 0.496 e. The van der Waals surface area contributed by atoms with Crippen LogP contribution in [0.1, 0.15) is 35.6 Å². The van der Waals surface area contributed by atoms with E-state index in [0.29, 0.717) is 44.1 Å². The SMILES string of the molecule is C=CC[C@@]1(C(=O)NCCc2ccccc2OC)N=C(c2ccc(OCCCO)cc2)O[C@@H]1c1ccccc1. The number of aliphatic imine (C=N–C) groups is 1. The average molecular weight is 515 g/mol. The second-order valence-electron chi connectivity index (χ2n) is 9.01. The summed E-state index contributed by atoms with van der Waals surface area (Å²) in [7, 11) is 1.64. The number of nitrogens with one attached hydrogen (secondary N) is 1. The molecule has 7 heteroatoms. The summed E-state index contributed by atoms with van der Waals surface area (Å²) in [5.74, 6) is 1.65. The average Bonchev–Trinajstić information content (AvgIpc) is 3.35. The summed E-state index contributed by atoms with van der Waals surface area (Å²) in [6.45, 7) is 4.85. The molecule has 0 radical (unpaired) electrons. The van der Waals surface area contributed by atoms with Crippen molar-refractivity contribution < 1.29 is 24.1 Å². The van der Waals surface area contributed by atoms with Gasteiger partial charge in [0.15, 0.2) is 11.6 Å². The number of aliphatic hydroxyl groups is 1. The molecule has 0 bridgehead atoms. The highest BCUT2D eigenvalue weighted by atomic mass is 16.5. The van der Waals surface area contributed by atoms with Gasteiger partial charge in [0.1, 0.15) is 11.5 Å². The van der Waals surface area contributed by atoms with E-state index < -0.39 is 11.6 Å². The highest BCUT2D eigenvalue weighted by Gasteiger charge is 2.52. The quantitative estimate of drug-likeness (QED) is 0.256. The van der Waals surface area contributed by atoms with Crippen LogP contribution in [0.5, 0.6) is 11.5 Å². The van der Waals surface area contributed by atoms with E-state index in [2.05, 4.69) is 11.9 Å². The molecule has 1 aliphatic rings. The Morgan fingerprint density at radius 3 is 2.55 bits per heavy atom. The third-order valence-electron chi connectivity index (χ3n) is 6.46. The van der Waals surface area contributed by atoms with E-state index in [1.165, 1.54) is 0 Å². The minimum absolute atomic E-state index is 0.0793. The first-order valence-corrected chi connectivity index (χ1v) is 12.8. The predicted octanol–water partition coefficient (Wildman–Crippen LogP) is 4.65. The van der Waals surface area contributed by atoms with Gasteiger partial charge in [-0.3, -0.25) is 4.79 Å². The minimum atomic E-state index is -1.21. The van der Waals surface area contributed by atoms with Crippen LogP contribution in [0.15, 0.2) is 96.5 Å². The number of methoxy groups -OCH3 is 1. The highest BCUT2D eigenvalue weighted by Crippen LogP contribution is 2.42. The lowest BCUT2D eigenvalue weighted by atomic mass is 9.84. The number of hydrogen-bond acceptors (Lipinski definition) is 6. The Balaban J connectivity index is 1.60. The first kappa shape index (κ1) is 26.9. The maximum Gasteiger partial charge on any atom is 0.252 e. The fraction of sp³-hybridized carbons (Fsp3) is 0.290. The van der Waals surface area contributed by atoms with Crippen LogP contribution >= 0.6 is 0 Å². The second-order valence-corrected chi connectivity index (χ2v) is 9.01. The Labute approximate surface area is 223 Å². The third kappa shape index (κ3) is 6.06. The molecule has 4 rings (SSSR count). The number of hydrogen-bond donors (Lipinski definition) is 2. The molecule has 1 heterocycles. The van der Waals surface area contributed by atoms with Gasteiger partial charge < -0.3 is 24.6 Å². The van der Waals surface area contributed by atoms with Gasteiger partial charge in [-0.1, -0.05) is 54.6 Å². The zero-order valence-corrected chi connectivity index (χ0v) is 21.6. The maximum atomic E-state index is 13.8. The zero-order chi connectivity index (χ0) is 26.8. The standard InChI is InChI=1S/C31H34N2O5/c1-3-19-31(30(35)32-20-18-23-10-7-8-13-27(23)36-2)28(24-11-5-4-6-12-24)38-29(33-31)25-14-16-26(17-15-25)37-22-9-21-34/h3-8,10-17,28,34H,1,9,18-22H2,2H3,(H,32,35)/t28-,31-/m1/s1. The van der Waals surface area contributed by atoms with Crippen molar-refractivity contribution >= 4 is 11.8 Å². The molecule has 0 aliphatic carbocycles. The number of para-hydroxylation sites is 1. The molecule has 7 nitrogen and oxygen atoms in total. The Morgan fingerprint density at radius 2 is 1.84 bits per heavy atom. The molecule has 0 spiro atoms. The number of aliphatic hydroxyl groups excluding tert-OH is 1. The summed E-state index contributed by atoms with van der Waals surface area (Å²) >= 11 is 0. The molecule has 0 aromatic heterocycles. The molecule has 0 fully saturated rings. The molecule has 38 heavy (non-hydrogen) atoms. The molecule has 2 N–H and O–H groups in total. The first-order valence-electron chi connectivity index (χ1n) is 12.8. The van der Waals surface area contributed by atoms with Gasteiger partial charge in [-0.2, -0.15) is 0 Å². The Kier molecular flexibility index (Phi) is 9.16. The lowest BCUT2D eigenvalue weighted by molar-refractivity contribution is -0.128. The van der Waals surface area contributed by atoms with Gasteiger partial charge in [0.25, 0.3) is 5.91 Å². The number of amides is 1. The van der Waals surface area contributed by atoms with E-state index in [-0.39, 0.29) is 12.5 Å². The van der Waals surface area contributed by atoms with Crippen LogP contribution in [-0.4, -0.2) is 49.3 Å². The van der Waals surface area contributed by atoms with Gasteiger partial charge in [-0.25, -0.2) is 4.99 Å². The Bertz CT molecular complexity index is 1240. The molecule has 0 unspecified atom stereocenters. The maximum absolute atomic E-state index is 13.8. The van der Waals surface area contributed by atoms with Crippen LogP contribution in [0.4, 0.5) is 0 Å². The van der Waals surface area contributed by atoms with Crippen molar-refractivity contribution in [2.24, 2.45) is 4.99 Å². The first-order chi connectivity index (χ1) is 18.6. The molecule has 0 saturated carbocycles. The number of ether oxygens (including phenoxy) is 3. The molecule has 0 saturated heterocycles. The van der Waals surface area contributed by atoms with Crippen LogP contribution in [0.3, 0.4) is 0 Å². The minimum Gasteiger partial charge on any atom is -0.496 e. The van der Waals surface area contributed by atoms with Crippen LogP contribution in [0, 0.1) is 0 Å². The third-order valence-corrected chi connectivity index (χ3v) is 6.46. The molecule has 1 amide bonds. The van der Waals surface area contributed by atoms with Crippen molar-refractivity contribution in [3.8, 4) is 11.5 Å². The van der Waals surface area contributed by atoms with E-state index in [1.54, 1.807) is 13.2 Å². The Hall–Kier alpha value is -4.10. The lowest BCUT2D eigenvalue weighted by Gasteiger charge is -2.29. The van der Waals surface area contributed by atoms with Gasteiger partial charge in [-0.15, -0.1) is 6.58 Å². The fourth-order valence-corrected chi connectivity index (χ4v) is 4.54. The van der Waals surface area contributed by atoms with Gasteiger partial charge in [0.05, 0.1) is 13.7 Å². The van der Waals surface area contributed by atoms with Gasteiger partial charge in [-0.05, 0) is 47.9 Å². The highest BCUT2D eigenvalue weighted by molar-refractivity contribution is 6.01. The van der Waals surface area contributed by atoms with Gasteiger partial charge >= 0.3 is 0 Å². The molecule has 3 aromatic carbocycles. The van der Waals surface area contributed by atoms with Crippen molar-refractivity contribution in [2.75, 3.05) is 26.9 Å². The normalized spacial score (nSPS) is 18.3. The number of rotatable bonds is 13. The summed E-state index contributed by atoms with van der Waals surface area (Å²) in [4.78, 5) is 18.8. The number of carbonyl (C=O) groups is 1. The molecular formula is C31H34N2O5. The van der Waals surface area contributed by atoms with Crippen molar-refractivity contribution in [1.29, 1.82) is 0 Å². The van der Waals surface area contributed by atoms with Crippen LogP contribution in [-0.2, 0) is 16.0 Å². The molecule has 198 valence electrons. The van der Waals surface area contributed by atoms with Crippen LogP contribution in [0.2, 0.25) is 0 Å². The summed E-state index contributed by atoms with van der Waals surface area (Å²) in [5.41, 5.74) is 1.40. The van der Waals surface area contributed by atoms with E-state index in [0.717, 1.165) is 22.4 Å². The van der Waals surface area contributed by atoms with Crippen LogP contribution < -0.4 is 14.8 Å². The molecule has 2 atom stereocenters. The van der Waals surface area contributed by atoms with Crippen molar-refractivity contribution in [3.63, 3.8) is 0 Å². The predicted molar refractivity (Wildman–Crippen MR) is 148 cm³/mol. The smallest absolute Gasteiger partial charge is 0.252 e. The zero-order valence-electron chi connectivity index (χ0n) is 21.6. The summed E-state index contributed by atoms with van der Waals surface area (Å²) in [6.07, 6.45) is 2.57. The monoisotopic (exact) mass is 514 g/mol. The summed E-state index contributed by atoms with van der Waals surface area (Å²) in [6, 6.07) is 24.8. The number of benzene rings is 3. The Morgan fingerprint density at radius 1 is 1.11 bits per heavy atom. The van der Waals surface area contributed by atoms with Crippen molar-refractivity contribution in [2.45, 2.75) is 30.9 Å². The van der Waals surface area contributed by atoms with E-state index in [9.17, 15) is 4.79 Å². The van der Waals surface area contributed by atoms with E-state index >= 15 is 0 Å². The molecule has 1 aliphatic heterocycles. The fourth-order valence-electron chi connectivity index (χ4n) is 4.54.